The number of amides is 1. The van der Waals surface area contributed by atoms with E-state index in [1.54, 1.807) is 24.5 Å². The Bertz CT molecular complexity index is 647. The van der Waals surface area contributed by atoms with Crippen LogP contribution in [0.1, 0.15) is 36.7 Å². The van der Waals surface area contributed by atoms with Gasteiger partial charge in [0.25, 0.3) is 5.91 Å². The van der Waals surface area contributed by atoms with E-state index in [0.29, 0.717) is 12.0 Å². The Morgan fingerprint density at radius 2 is 1.96 bits per heavy atom. The van der Waals surface area contributed by atoms with E-state index < -0.39 is 12.1 Å². The third kappa shape index (κ3) is 4.45. The van der Waals surface area contributed by atoms with Crippen molar-refractivity contribution in [1.82, 2.24) is 5.32 Å². The van der Waals surface area contributed by atoms with Gasteiger partial charge in [-0.3, -0.25) is 9.59 Å². The molecule has 1 fully saturated rings. The molecule has 2 aromatic rings. The Morgan fingerprint density at radius 1 is 1.17 bits per heavy atom. The zero-order valence-electron chi connectivity index (χ0n) is 12.7. The predicted octanol–water partition coefficient (Wildman–Crippen LogP) is 2.78. The number of benzene rings is 1. The minimum atomic E-state index is -0.902. The highest BCUT2D eigenvalue weighted by Crippen LogP contribution is 2.23. The first kappa shape index (κ1) is 15.3. The van der Waals surface area contributed by atoms with Crippen molar-refractivity contribution < 1.29 is 18.7 Å². The minimum Gasteiger partial charge on any atom is -0.469 e. The van der Waals surface area contributed by atoms with E-state index in [0.717, 1.165) is 18.6 Å². The summed E-state index contributed by atoms with van der Waals surface area (Å²) in [4.78, 5) is 24.4. The summed E-state index contributed by atoms with van der Waals surface area (Å²) >= 11 is 0. The Morgan fingerprint density at radius 3 is 2.61 bits per heavy atom. The summed E-state index contributed by atoms with van der Waals surface area (Å²) in [6.45, 7) is 0. The monoisotopic (exact) mass is 313 g/mol. The molecule has 1 aliphatic rings. The number of ether oxygens (including phenoxy) is 1. The van der Waals surface area contributed by atoms with Crippen molar-refractivity contribution in [2.45, 2.75) is 37.8 Å². The van der Waals surface area contributed by atoms with Crippen LogP contribution in [0.4, 0.5) is 0 Å². The molecule has 5 heteroatoms. The van der Waals surface area contributed by atoms with Gasteiger partial charge in [0.2, 0.25) is 6.10 Å². The summed E-state index contributed by atoms with van der Waals surface area (Å²) < 4.78 is 10.6. The molecule has 3 rings (SSSR count). The molecule has 0 spiro atoms. The SMILES string of the molecule is O=C(CCc1ccco1)OC(C(=O)NC1CC1)c1ccccc1. The van der Waals surface area contributed by atoms with Crippen LogP contribution in [0.15, 0.2) is 53.1 Å². The second-order valence-corrected chi connectivity index (χ2v) is 5.64. The zero-order chi connectivity index (χ0) is 16.1. The molecule has 1 amide bonds. The van der Waals surface area contributed by atoms with Crippen molar-refractivity contribution in [2.75, 3.05) is 0 Å². The molecule has 5 nitrogen and oxygen atoms in total. The van der Waals surface area contributed by atoms with Gasteiger partial charge in [0, 0.05) is 18.0 Å². The van der Waals surface area contributed by atoms with Gasteiger partial charge in [-0.05, 0) is 25.0 Å². The maximum absolute atomic E-state index is 12.4. The van der Waals surface area contributed by atoms with Gasteiger partial charge >= 0.3 is 5.97 Å². The second-order valence-electron chi connectivity index (χ2n) is 5.64. The number of carbonyl (C=O) groups excluding carboxylic acids is 2. The predicted molar refractivity (Wildman–Crippen MR) is 83.5 cm³/mol. The van der Waals surface area contributed by atoms with Crippen LogP contribution in [-0.4, -0.2) is 17.9 Å². The lowest BCUT2D eigenvalue weighted by Gasteiger charge is -2.18. The third-order valence-corrected chi connectivity index (χ3v) is 3.67. The fourth-order valence-corrected chi connectivity index (χ4v) is 2.28. The molecule has 0 radical (unpaired) electrons. The van der Waals surface area contributed by atoms with Crippen molar-refractivity contribution >= 4 is 11.9 Å². The fraction of sp³-hybridized carbons (Fsp3) is 0.333. The Kier molecular flexibility index (Phi) is 4.76. The van der Waals surface area contributed by atoms with Gasteiger partial charge in [0.1, 0.15) is 5.76 Å². The molecule has 1 aliphatic carbocycles. The van der Waals surface area contributed by atoms with E-state index in [-0.39, 0.29) is 18.4 Å². The summed E-state index contributed by atoms with van der Waals surface area (Å²) in [6.07, 6.45) is 3.27. The normalized spacial score (nSPS) is 15.0. The molecule has 1 heterocycles. The molecule has 23 heavy (non-hydrogen) atoms. The van der Waals surface area contributed by atoms with Crippen LogP contribution < -0.4 is 5.32 Å². The van der Waals surface area contributed by atoms with Crippen molar-refractivity contribution in [3.8, 4) is 0 Å². The molecule has 1 aromatic heterocycles. The molecule has 1 aromatic carbocycles. The van der Waals surface area contributed by atoms with E-state index in [9.17, 15) is 9.59 Å². The molecule has 0 bridgehead atoms. The molecular formula is C18H19NO4. The molecule has 120 valence electrons. The van der Waals surface area contributed by atoms with Gasteiger partial charge in [-0.2, -0.15) is 0 Å². The summed E-state index contributed by atoms with van der Waals surface area (Å²) in [5, 5.41) is 2.89. The number of esters is 1. The first-order valence-electron chi connectivity index (χ1n) is 7.79. The van der Waals surface area contributed by atoms with Gasteiger partial charge in [-0.25, -0.2) is 0 Å². The van der Waals surface area contributed by atoms with Gasteiger partial charge in [0.05, 0.1) is 12.7 Å². The summed E-state index contributed by atoms with van der Waals surface area (Å²) in [5.41, 5.74) is 0.678. The van der Waals surface area contributed by atoms with Crippen LogP contribution in [-0.2, 0) is 20.7 Å². The third-order valence-electron chi connectivity index (χ3n) is 3.67. The second kappa shape index (κ2) is 7.13. The van der Waals surface area contributed by atoms with Crippen LogP contribution in [0.5, 0.6) is 0 Å². The van der Waals surface area contributed by atoms with E-state index >= 15 is 0 Å². The molecule has 0 aliphatic heterocycles. The van der Waals surface area contributed by atoms with E-state index in [1.807, 2.05) is 24.3 Å². The van der Waals surface area contributed by atoms with Crippen molar-refractivity contribution in [1.29, 1.82) is 0 Å². The minimum absolute atomic E-state index is 0.174. The van der Waals surface area contributed by atoms with Crippen LogP contribution >= 0.6 is 0 Å². The standard InChI is InChI=1S/C18H19NO4/c20-16(11-10-15-7-4-12-22-15)23-17(13-5-2-1-3-6-13)18(21)19-14-8-9-14/h1-7,12,14,17H,8-11H2,(H,19,21). The van der Waals surface area contributed by atoms with Crippen LogP contribution in [0, 0.1) is 0 Å². The number of hydrogen-bond acceptors (Lipinski definition) is 4. The zero-order valence-corrected chi connectivity index (χ0v) is 12.7. The molecule has 1 unspecified atom stereocenters. The Labute approximate surface area is 134 Å². The first-order chi connectivity index (χ1) is 11.2. The quantitative estimate of drug-likeness (QED) is 0.798. The molecule has 1 saturated carbocycles. The number of nitrogens with one attached hydrogen (secondary N) is 1. The first-order valence-corrected chi connectivity index (χ1v) is 7.79. The molecule has 1 N–H and O–H groups in total. The highest BCUT2D eigenvalue weighted by atomic mass is 16.5. The lowest BCUT2D eigenvalue weighted by atomic mass is 10.1. The highest BCUT2D eigenvalue weighted by molar-refractivity contribution is 5.85. The Balaban J connectivity index is 1.62. The van der Waals surface area contributed by atoms with Crippen LogP contribution in [0.25, 0.3) is 0 Å². The van der Waals surface area contributed by atoms with Crippen molar-refractivity contribution in [3.05, 3.63) is 60.1 Å². The summed E-state index contributed by atoms with van der Waals surface area (Å²) in [7, 11) is 0. The van der Waals surface area contributed by atoms with Gasteiger partial charge in [-0.15, -0.1) is 0 Å². The van der Waals surface area contributed by atoms with E-state index in [4.69, 9.17) is 9.15 Å². The molecule has 0 saturated heterocycles. The maximum atomic E-state index is 12.4. The van der Waals surface area contributed by atoms with E-state index in [2.05, 4.69) is 5.32 Å². The van der Waals surface area contributed by atoms with Gasteiger partial charge in [0.15, 0.2) is 0 Å². The highest BCUT2D eigenvalue weighted by Gasteiger charge is 2.30. The van der Waals surface area contributed by atoms with Crippen LogP contribution in [0.2, 0.25) is 0 Å². The van der Waals surface area contributed by atoms with Crippen LogP contribution in [0.3, 0.4) is 0 Å². The van der Waals surface area contributed by atoms with Crippen molar-refractivity contribution in [3.63, 3.8) is 0 Å². The maximum Gasteiger partial charge on any atom is 0.307 e. The lowest BCUT2D eigenvalue weighted by molar-refractivity contribution is -0.156. The van der Waals surface area contributed by atoms with E-state index in [1.165, 1.54) is 0 Å². The summed E-state index contributed by atoms with van der Waals surface area (Å²) in [6, 6.07) is 12.9. The number of furan rings is 1. The van der Waals surface area contributed by atoms with Gasteiger partial charge in [-0.1, -0.05) is 30.3 Å². The number of rotatable bonds is 7. The average Bonchev–Trinajstić information content (AvgIpc) is 3.22. The largest absolute Gasteiger partial charge is 0.469 e. The smallest absolute Gasteiger partial charge is 0.307 e. The topological polar surface area (TPSA) is 68.5 Å². The Hall–Kier alpha value is -2.56. The summed E-state index contributed by atoms with van der Waals surface area (Å²) in [5.74, 6) is 0.0480. The van der Waals surface area contributed by atoms with Gasteiger partial charge < -0.3 is 14.5 Å². The number of hydrogen-bond donors (Lipinski definition) is 1. The van der Waals surface area contributed by atoms with Crippen molar-refractivity contribution in [2.24, 2.45) is 0 Å². The lowest BCUT2D eigenvalue weighted by Crippen LogP contribution is -2.33. The molecule has 1 atom stereocenters. The number of carbonyl (C=O) groups is 2. The fourth-order valence-electron chi connectivity index (χ4n) is 2.28. The molecular weight excluding hydrogens is 294 g/mol. The number of aryl methyl sites for hydroxylation is 1. The average molecular weight is 313 g/mol.